The summed E-state index contributed by atoms with van der Waals surface area (Å²) in [5, 5.41) is 8.44. The molecule has 0 atom stereocenters. The highest BCUT2D eigenvalue weighted by Gasteiger charge is 2.04. The molecule has 1 N–H and O–H groups in total. The molecule has 3 rings (SSSR count). The maximum absolute atomic E-state index is 5.93. The molecule has 0 saturated carbocycles. The van der Waals surface area contributed by atoms with Crippen molar-refractivity contribution in [2.45, 2.75) is 0 Å². The van der Waals surface area contributed by atoms with E-state index in [1.165, 1.54) is 0 Å². The number of fused-ring (bicyclic) bond motifs is 1. The molecule has 0 spiro atoms. The van der Waals surface area contributed by atoms with E-state index in [-0.39, 0.29) is 0 Å². The van der Waals surface area contributed by atoms with Crippen LogP contribution in [-0.2, 0) is 0 Å². The molecule has 0 amide bonds. The number of aromatic nitrogens is 2. The molecule has 2 aromatic rings. The van der Waals surface area contributed by atoms with Gasteiger partial charge in [-0.15, -0.1) is 0 Å². The summed E-state index contributed by atoms with van der Waals surface area (Å²) in [6.07, 6.45) is 7.09. The van der Waals surface area contributed by atoms with Gasteiger partial charge in [0.25, 0.3) is 0 Å². The number of hydrogen-bond donors (Lipinski definition) is 1. The largest absolute Gasteiger partial charge is 0.243 e. The standard InChI is InChI=1S/C10H8ClN5/c11-9-1-2-10-8(5-9)6-16(14-13-10)15-4-3-12-7-15/h1-7,14H. The zero-order valence-corrected chi connectivity index (χ0v) is 8.96. The monoisotopic (exact) mass is 233 g/mol. The Morgan fingerprint density at radius 3 is 3.06 bits per heavy atom. The van der Waals surface area contributed by atoms with Gasteiger partial charge in [-0.3, -0.25) is 0 Å². The third-order valence-corrected chi connectivity index (χ3v) is 2.50. The predicted molar refractivity (Wildman–Crippen MR) is 60.3 cm³/mol. The Balaban J connectivity index is 2.12. The van der Waals surface area contributed by atoms with Crippen LogP contribution in [0.3, 0.4) is 0 Å². The molecule has 1 aromatic heterocycles. The van der Waals surface area contributed by atoms with Crippen LogP contribution in [0.25, 0.3) is 6.20 Å². The van der Waals surface area contributed by atoms with Gasteiger partial charge in [-0.2, -0.15) is 15.8 Å². The minimum absolute atomic E-state index is 0.692. The first kappa shape index (κ1) is 9.23. The van der Waals surface area contributed by atoms with E-state index in [2.05, 4.69) is 15.6 Å². The van der Waals surface area contributed by atoms with Gasteiger partial charge in [-0.05, 0) is 18.2 Å². The lowest BCUT2D eigenvalue weighted by atomic mass is 10.3. The van der Waals surface area contributed by atoms with E-state index in [1.807, 2.05) is 30.6 Å². The Morgan fingerprint density at radius 2 is 2.25 bits per heavy atom. The molecule has 0 fully saturated rings. The van der Waals surface area contributed by atoms with E-state index in [0.29, 0.717) is 5.02 Å². The first-order valence-corrected chi connectivity index (χ1v) is 5.09. The molecule has 16 heavy (non-hydrogen) atoms. The van der Waals surface area contributed by atoms with Crippen molar-refractivity contribution in [3.63, 3.8) is 0 Å². The molecule has 5 nitrogen and oxygen atoms in total. The number of hydrazine groups is 1. The normalized spacial score (nSPS) is 13.4. The van der Waals surface area contributed by atoms with E-state index in [1.54, 1.807) is 22.3 Å². The molecule has 0 radical (unpaired) electrons. The second kappa shape index (κ2) is 3.53. The van der Waals surface area contributed by atoms with Crippen LogP contribution >= 0.6 is 11.6 Å². The number of hydrogen-bond acceptors (Lipinski definition) is 4. The quantitative estimate of drug-likeness (QED) is 0.752. The number of benzene rings is 1. The van der Waals surface area contributed by atoms with Crippen molar-refractivity contribution in [1.29, 1.82) is 0 Å². The molecular weight excluding hydrogens is 226 g/mol. The highest BCUT2D eigenvalue weighted by molar-refractivity contribution is 6.30. The first-order valence-electron chi connectivity index (χ1n) is 4.71. The zero-order chi connectivity index (χ0) is 11.0. The summed E-state index contributed by atoms with van der Waals surface area (Å²) >= 11 is 5.93. The zero-order valence-electron chi connectivity index (χ0n) is 8.21. The highest BCUT2D eigenvalue weighted by atomic mass is 35.5. The fraction of sp³-hybridized carbons (Fsp3) is 0. The van der Waals surface area contributed by atoms with E-state index < -0.39 is 0 Å². The summed E-state index contributed by atoms with van der Waals surface area (Å²) in [6.45, 7) is 0. The van der Waals surface area contributed by atoms with Crippen LogP contribution < -0.4 is 21.2 Å². The molecule has 6 heteroatoms. The predicted octanol–water partition coefficient (Wildman–Crippen LogP) is -0.0345. The summed E-state index contributed by atoms with van der Waals surface area (Å²) in [5.41, 5.74) is 2.88. The third-order valence-electron chi connectivity index (χ3n) is 2.26. The van der Waals surface area contributed by atoms with Crippen LogP contribution in [-0.4, -0.2) is 9.66 Å². The SMILES string of the molecule is Clc1ccc2c(c1)=CN(n1ccnc1)NN=2. The molecule has 1 aromatic carbocycles. The van der Waals surface area contributed by atoms with Gasteiger partial charge in [0, 0.05) is 22.6 Å². The van der Waals surface area contributed by atoms with Crippen LogP contribution in [0.1, 0.15) is 0 Å². The fourth-order valence-electron chi connectivity index (χ4n) is 1.49. The lowest BCUT2D eigenvalue weighted by Crippen LogP contribution is -2.47. The number of imidazole rings is 1. The minimum Gasteiger partial charge on any atom is -0.243 e. The van der Waals surface area contributed by atoms with Crippen molar-refractivity contribution in [2.24, 2.45) is 5.10 Å². The molecule has 0 unspecified atom stereocenters. The van der Waals surface area contributed by atoms with Crippen molar-refractivity contribution in [3.05, 3.63) is 52.5 Å². The van der Waals surface area contributed by atoms with Crippen molar-refractivity contribution < 1.29 is 0 Å². The molecule has 0 saturated heterocycles. The molecule has 0 aliphatic carbocycles. The van der Waals surface area contributed by atoms with Gasteiger partial charge >= 0.3 is 0 Å². The Labute approximate surface area is 96.2 Å². The van der Waals surface area contributed by atoms with Gasteiger partial charge in [-0.1, -0.05) is 11.6 Å². The topological polar surface area (TPSA) is 45.5 Å². The van der Waals surface area contributed by atoms with E-state index in [4.69, 9.17) is 11.6 Å². The van der Waals surface area contributed by atoms with Gasteiger partial charge in [-0.25, -0.2) is 9.66 Å². The molecule has 1 aliphatic heterocycles. The van der Waals surface area contributed by atoms with Gasteiger partial charge in [0.1, 0.15) is 6.33 Å². The third kappa shape index (κ3) is 1.51. The number of rotatable bonds is 1. The van der Waals surface area contributed by atoms with Crippen LogP contribution in [0.5, 0.6) is 0 Å². The summed E-state index contributed by atoms with van der Waals surface area (Å²) in [7, 11) is 0. The lowest BCUT2D eigenvalue weighted by molar-refractivity contribution is 0.572. The summed E-state index contributed by atoms with van der Waals surface area (Å²) in [4.78, 5) is 3.96. The fourth-order valence-corrected chi connectivity index (χ4v) is 1.67. The molecule has 2 heterocycles. The second-order valence-corrected chi connectivity index (χ2v) is 3.77. The summed E-state index contributed by atoms with van der Waals surface area (Å²) in [6, 6.07) is 5.55. The average molecular weight is 234 g/mol. The van der Waals surface area contributed by atoms with E-state index >= 15 is 0 Å². The van der Waals surface area contributed by atoms with E-state index in [9.17, 15) is 0 Å². The maximum Gasteiger partial charge on any atom is 0.116 e. The number of nitrogens with zero attached hydrogens (tertiary/aromatic N) is 4. The molecular formula is C10H8ClN5. The average Bonchev–Trinajstić information content (AvgIpc) is 2.81. The lowest BCUT2D eigenvalue weighted by Gasteiger charge is -2.21. The smallest absolute Gasteiger partial charge is 0.116 e. The summed E-state index contributed by atoms with van der Waals surface area (Å²) in [5.74, 6) is 0. The van der Waals surface area contributed by atoms with Gasteiger partial charge in [0.05, 0.1) is 11.6 Å². The number of nitrogens with one attached hydrogen (secondary N) is 1. The Hall–Kier alpha value is -2.01. The molecule has 80 valence electrons. The van der Waals surface area contributed by atoms with E-state index in [0.717, 1.165) is 10.6 Å². The van der Waals surface area contributed by atoms with Crippen molar-refractivity contribution in [2.75, 3.05) is 5.12 Å². The Bertz CT molecular complexity index is 619. The summed E-state index contributed by atoms with van der Waals surface area (Å²) < 4.78 is 1.77. The van der Waals surface area contributed by atoms with Crippen LogP contribution in [0.2, 0.25) is 5.02 Å². The Morgan fingerprint density at radius 1 is 1.31 bits per heavy atom. The van der Waals surface area contributed by atoms with Crippen molar-refractivity contribution >= 4 is 17.8 Å². The van der Waals surface area contributed by atoms with Gasteiger partial charge in [0.15, 0.2) is 0 Å². The second-order valence-electron chi connectivity index (χ2n) is 3.33. The van der Waals surface area contributed by atoms with Gasteiger partial charge in [0.2, 0.25) is 0 Å². The maximum atomic E-state index is 5.93. The van der Waals surface area contributed by atoms with Crippen LogP contribution in [0, 0.1) is 0 Å². The number of halogens is 1. The van der Waals surface area contributed by atoms with Gasteiger partial charge < -0.3 is 0 Å². The van der Waals surface area contributed by atoms with Crippen LogP contribution in [0.15, 0.2) is 42.0 Å². The first-order chi connectivity index (χ1) is 7.83. The van der Waals surface area contributed by atoms with Crippen LogP contribution in [0.4, 0.5) is 0 Å². The van der Waals surface area contributed by atoms with Crippen molar-refractivity contribution in [3.8, 4) is 0 Å². The molecule has 1 aliphatic rings. The highest BCUT2D eigenvalue weighted by Crippen LogP contribution is 2.00. The minimum atomic E-state index is 0.692. The molecule has 0 bridgehead atoms. The van der Waals surface area contributed by atoms with Crippen molar-refractivity contribution in [1.82, 2.24) is 15.2 Å². The Kier molecular flexibility index (Phi) is 2.04.